The predicted molar refractivity (Wildman–Crippen MR) is 134 cm³/mol. The Kier molecular flexibility index (Phi) is 6.86. The standard InChI is InChI=1S/C28H33N3O4/c1-18-5-7-21(8-6-18)27-30-24-16-22(9-10-25(24)35-27)28(33)31-13-11-20(12-14-31)19(2)26(32)29-17-23-4-3-15-34-23/h5-10,16,19-20,23H,3-4,11-15,17H2,1-2H3,(H,29,32). The Morgan fingerprint density at radius 2 is 1.89 bits per heavy atom. The van der Waals surface area contributed by atoms with Gasteiger partial charge >= 0.3 is 0 Å². The zero-order valence-electron chi connectivity index (χ0n) is 20.5. The van der Waals surface area contributed by atoms with Crippen LogP contribution in [0.25, 0.3) is 22.6 Å². The largest absolute Gasteiger partial charge is 0.436 e. The van der Waals surface area contributed by atoms with Crippen molar-refractivity contribution in [3.63, 3.8) is 0 Å². The number of amides is 2. The zero-order valence-corrected chi connectivity index (χ0v) is 20.5. The van der Waals surface area contributed by atoms with Crippen LogP contribution in [-0.4, -0.2) is 54.0 Å². The van der Waals surface area contributed by atoms with Crippen LogP contribution in [0.1, 0.15) is 48.5 Å². The summed E-state index contributed by atoms with van der Waals surface area (Å²) >= 11 is 0. The lowest BCUT2D eigenvalue weighted by molar-refractivity contribution is -0.127. The molecule has 0 bridgehead atoms. The number of aryl methyl sites for hydroxylation is 1. The van der Waals surface area contributed by atoms with Crippen molar-refractivity contribution in [2.75, 3.05) is 26.2 Å². The summed E-state index contributed by atoms with van der Waals surface area (Å²) in [5, 5.41) is 3.05. The number of nitrogens with zero attached hydrogens (tertiary/aromatic N) is 2. The average molecular weight is 476 g/mol. The molecule has 0 radical (unpaired) electrons. The maximum absolute atomic E-state index is 13.2. The molecule has 2 saturated heterocycles. The minimum Gasteiger partial charge on any atom is -0.436 e. The van der Waals surface area contributed by atoms with Gasteiger partial charge in [-0.05, 0) is 68.9 Å². The number of benzene rings is 2. The molecule has 0 saturated carbocycles. The van der Waals surface area contributed by atoms with E-state index in [1.54, 1.807) is 0 Å². The first-order valence-electron chi connectivity index (χ1n) is 12.6. The fourth-order valence-electron chi connectivity index (χ4n) is 5.06. The van der Waals surface area contributed by atoms with Crippen LogP contribution in [0.3, 0.4) is 0 Å². The van der Waals surface area contributed by atoms with Crippen molar-refractivity contribution in [1.29, 1.82) is 0 Å². The summed E-state index contributed by atoms with van der Waals surface area (Å²) in [5.74, 6) is 0.850. The van der Waals surface area contributed by atoms with Crippen molar-refractivity contribution in [2.45, 2.75) is 45.6 Å². The molecule has 2 aliphatic heterocycles. The van der Waals surface area contributed by atoms with E-state index in [4.69, 9.17) is 9.15 Å². The van der Waals surface area contributed by atoms with Gasteiger partial charge < -0.3 is 19.4 Å². The van der Waals surface area contributed by atoms with Crippen LogP contribution in [-0.2, 0) is 9.53 Å². The SMILES string of the molecule is Cc1ccc(-c2nc3cc(C(=O)N4CCC(C(C)C(=O)NCC5CCCO5)CC4)ccc3o2)cc1. The number of nitrogens with one attached hydrogen (secondary N) is 1. The van der Waals surface area contributed by atoms with Crippen molar-refractivity contribution in [3.8, 4) is 11.5 Å². The number of carbonyl (C=O) groups is 2. The molecule has 3 heterocycles. The molecule has 2 aliphatic rings. The van der Waals surface area contributed by atoms with Crippen LogP contribution in [0, 0.1) is 18.8 Å². The topological polar surface area (TPSA) is 84.7 Å². The van der Waals surface area contributed by atoms with Crippen LogP contribution in [0.5, 0.6) is 0 Å². The maximum atomic E-state index is 13.2. The van der Waals surface area contributed by atoms with Gasteiger partial charge in [-0.1, -0.05) is 24.6 Å². The van der Waals surface area contributed by atoms with E-state index in [-0.39, 0.29) is 29.8 Å². The zero-order chi connectivity index (χ0) is 24.4. The fourth-order valence-corrected chi connectivity index (χ4v) is 5.06. The first-order valence-corrected chi connectivity index (χ1v) is 12.6. The van der Waals surface area contributed by atoms with E-state index >= 15 is 0 Å². The van der Waals surface area contributed by atoms with Crippen LogP contribution < -0.4 is 5.32 Å². The molecule has 5 rings (SSSR count). The highest BCUT2D eigenvalue weighted by Crippen LogP contribution is 2.28. The first kappa shape index (κ1) is 23.5. The third-order valence-corrected chi connectivity index (χ3v) is 7.41. The summed E-state index contributed by atoms with van der Waals surface area (Å²) in [6, 6.07) is 13.5. The van der Waals surface area contributed by atoms with E-state index in [1.165, 1.54) is 5.56 Å². The van der Waals surface area contributed by atoms with Crippen LogP contribution in [0.2, 0.25) is 0 Å². The molecule has 2 amide bonds. The van der Waals surface area contributed by atoms with E-state index in [2.05, 4.69) is 10.3 Å². The Bertz CT molecular complexity index is 1190. The minimum absolute atomic E-state index is 0.000669. The van der Waals surface area contributed by atoms with E-state index in [9.17, 15) is 9.59 Å². The van der Waals surface area contributed by atoms with Crippen molar-refractivity contribution in [1.82, 2.24) is 15.2 Å². The number of fused-ring (bicyclic) bond motifs is 1. The molecule has 7 nitrogen and oxygen atoms in total. The summed E-state index contributed by atoms with van der Waals surface area (Å²) in [6.45, 7) is 6.73. The minimum atomic E-state index is -0.0691. The number of carbonyl (C=O) groups excluding carboxylic acids is 2. The Morgan fingerprint density at radius 3 is 2.60 bits per heavy atom. The predicted octanol–water partition coefficient (Wildman–Crippen LogP) is 4.59. The van der Waals surface area contributed by atoms with E-state index in [1.807, 2.05) is 61.2 Å². The van der Waals surface area contributed by atoms with Crippen molar-refractivity contribution < 1.29 is 18.7 Å². The molecule has 1 N–H and O–H groups in total. The maximum Gasteiger partial charge on any atom is 0.253 e. The molecule has 2 unspecified atom stereocenters. The Hall–Kier alpha value is -3.19. The monoisotopic (exact) mass is 475 g/mol. The van der Waals surface area contributed by atoms with Gasteiger partial charge in [-0.2, -0.15) is 0 Å². The number of aromatic nitrogens is 1. The van der Waals surface area contributed by atoms with Crippen LogP contribution in [0.15, 0.2) is 46.9 Å². The molecule has 2 fully saturated rings. The van der Waals surface area contributed by atoms with Gasteiger partial charge in [-0.25, -0.2) is 4.98 Å². The van der Waals surface area contributed by atoms with Gasteiger partial charge in [0.1, 0.15) is 5.52 Å². The average Bonchev–Trinajstić information content (AvgIpc) is 3.56. The molecular weight excluding hydrogens is 442 g/mol. The van der Waals surface area contributed by atoms with Gasteiger partial charge in [-0.3, -0.25) is 9.59 Å². The second kappa shape index (κ2) is 10.2. The molecule has 2 atom stereocenters. The van der Waals surface area contributed by atoms with Gasteiger partial charge in [0.15, 0.2) is 5.58 Å². The second-order valence-electron chi connectivity index (χ2n) is 9.87. The van der Waals surface area contributed by atoms with Gasteiger partial charge in [0, 0.05) is 43.3 Å². The summed E-state index contributed by atoms with van der Waals surface area (Å²) in [5.41, 5.74) is 4.05. The van der Waals surface area contributed by atoms with E-state index in [0.717, 1.165) is 37.9 Å². The lowest BCUT2D eigenvalue weighted by atomic mass is 9.84. The van der Waals surface area contributed by atoms with E-state index < -0.39 is 0 Å². The highest BCUT2D eigenvalue weighted by atomic mass is 16.5. The number of hydrogen-bond donors (Lipinski definition) is 1. The summed E-state index contributed by atoms with van der Waals surface area (Å²) < 4.78 is 11.5. The summed E-state index contributed by atoms with van der Waals surface area (Å²) in [4.78, 5) is 32.3. The Morgan fingerprint density at radius 1 is 1.11 bits per heavy atom. The third-order valence-electron chi connectivity index (χ3n) is 7.41. The molecule has 35 heavy (non-hydrogen) atoms. The highest BCUT2D eigenvalue weighted by molar-refractivity contribution is 5.97. The number of oxazole rings is 1. The molecule has 1 aromatic heterocycles. The first-order chi connectivity index (χ1) is 17.0. The van der Waals surface area contributed by atoms with Crippen LogP contribution in [0.4, 0.5) is 0 Å². The molecular formula is C28H33N3O4. The lowest BCUT2D eigenvalue weighted by Crippen LogP contribution is -2.43. The number of hydrogen-bond acceptors (Lipinski definition) is 5. The molecule has 184 valence electrons. The van der Waals surface area contributed by atoms with Gasteiger partial charge in [0.2, 0.25) is 11.8 Å². The third kappa shape index (κ3) is 5.25. The molecule has 0 aliphatic carbocycles. The highest BCUT2D eigenvalue weighted by Gasteiger charge is 2.30. The summed E-state index contributed by atoms with van der Waals surface area (Å²) in [6.07, 6.45) is 3.89. The smallest absolute Gasteiger partial charge is 0.253 e. The fraction of sp³-hybridized carbons (Fsp3) is 0.464. The summed E-state index contributed by atoms with van der Waals surface area (Å²) in [7, 11) is 0. The molecule has 2 aromatic carbocycles. The number of piperidine rings is 1. The van der Waals surface area contributed by atoms with Gasteiger partial charge in [-0.15, -0.1) is 0 Å². The molecule has 0 spiro atoms. The Balaban J connectivity index is 1.18. The number of ether oxygens (including phenoxy) is 1. The normalized spacial score (nSPS) is 19.7. The van der Waals surface area contributed by atoms with Crippen molar-refractivity contribution in [3.05, 3.63) is 53.6 Å². The Labute approximate surface area is 205 Å². The van der Waals surface area contributed by atoms with Gasteiger partial charge in [0.05, 0.1) is 6.10 Å². The van der Waals surface area contributed by atoms with E-state index in [0.29, 0.717) is 42.2 Å². The number of rotatable bonds is 6. The van der Waals surface area contributed by atoms with Crippen molar-refractivity contribution >= 4 is 22.9 Å². The van der Waals surface area contributed by atoms with Crippen molar-refractivity contribution in [2.24, 2.45) is 11.8 Å². The quantitative estimate of drug-likeness (QED) is 0.564. The second-order valence-corrected chi connectivity index (χ2v) is 9.87. The molecule has 3 aromatic rings. The van der Waals surface area contributed by atoms with Crippen LogP contribution >= 0.6 is 0 Å². The van der Waals surface area contributed by atoms with Gasteiger partial charge in [0.25, 0.3) is 5.91 Å². The lowest BCUT2D eigenvalue weighted by Gasteiger charge is -2.34. The number of likely N-dealkylation sites (tertiary alicyclic amines) is 1. The molecule has 7 heteroatoms.